The van der Waals surface area contributed by atoms with Crippen molar-refractivity contribution >= 4 is 11.8 Å². The Kier molecular flexibility index (Phi) is 6.20. The first-order valence-electron chi connectivity index (χ1n) is 10.0. The van der Waals surface area contributed by atoms with Crippen molar-refractivity contribution in [1.29, 1.82) is 0 Å². The topological polar surface area (TPSA) is 49.9 Å². The minimum absolute atomic E-state index is 0.0528. The normalized spacial score (nSPS) is 23.1. The number of likely N-dealkylation sites (tertiary alicyclic amines) is 2. The summed E-state index contributed by atoms with van der Waals surface area (Å²) in [5.41, 5.74) is 3.55. The Labute approximate surface area is 162 Å². The molecular formula is C22H32N2O3. The summed E-state index contributed by atoms with van der Waals surface area (Å²) in [6.45, 7) is 7.70. The fraction of sp³-hybridized carbons (Fsp3) is 0.636. The molecule has 1 aromatic rings. The highest BCUT2D eigenvalue weighted by Crippen LogP contribution is 2.39. The van der Waals surface area contributed by atoms with Gasteiger partial charge in [-0.2, -0.15) is 0 Å². The number of rotatable bonds is 5. The van der Waals surface area contributed by atoms with E-state index in [-0.39, 0.29) is 17.2 Å². The third-order valence-corrected chi connectivity index (χ3v) is 6.17. The Morgan fingerprint density at radius 2 is 2.04 bits per heavy atom. The van der Waals surface area contributed by atoms with Gasteiger partial charge in [0.15, 0.2) is 0 Å². The molecule has 5 nitrogen and oxygen atoms in total. The van der Waals surface area contributed by atoms with Crippen molar-refractivity contribution in [3.05, 3.63) is 34.9 Å². The summed E-state index contributed by atoms with van der Waals surface area (Å²) in [6.07, 6.45) is 4.06. The monoisotopic (exact) mass is 372 g/mol. The van der Waals surface area contributed by atoms with E-state index in [4.69, 9.17) is 4.74 Å². The number of carbonyl (C=O) groups is 2. The van der Waals surface area contributed by atoms with Crippen LogP contribution in [0.4, 0.5) is 0 Å². The first-order chi connectivity index (χ1) is 12.9. The Morgan fingerprint density at radius 1 is 1.22 bits per heavy atom. The third kappa shape index (κ3) is 4.70. The smallest absolute Gasteiger partial charge is 0.227 e. The lowest BCUT2D eigenvalue weighted by atomic mass is 9.73. The average Bonchev–Trinajstić information content (AvgIpc) is 2.66. The lowest BCUT2D eigenvalue weighted by molar-refractivity contribution is -0.143. The van der Waals surface area contributed by atoms with Gasteiger partial charge in [-0.25, -0.2) is 0 Å². The molecule has 5 heteroatoms. The number of aryl methyl sites for hydroxylation is 2. The zero-order valence-electron chi connectivity index (χ0n) is 16.9. The first-order valence-corrected chi connectivity index (χ1v) is 10.0. The summed E-state index contributed by atoms with van der Waals surface area (Å²) >= 11 is 0. The maximum atomic E-state index is 13.0. The minimum atomic E-state index is 0.0528. The quantitative estimate of drug-likeness (QED) is 0.799. The van der Waals surface area contributed by atoms with Crippen LogP contribution < -0.4 is 0 Å². The average molecular weight is 373 g/mol. The molecule has 1 spiro atoms. The standard InChI is InChI=1S/C22H32N2O3/c1-17-5-6-18(2)19(13-17)14-21(26)23-10-4-8-22(15-23)9-7-20(25)24(16-22)11-12-27-3/h5-6,13H,4,7-12,14-16H2,1-3H3. The lowest BCUT2D eigenvalue weighted by Gasteiger charge is -2.48. The summed E-state index contributed by atoms with van der Waals surface area (Å²) in [5.74, 6) is 0.430. The second kappa shape index (κ2) is 8.42. The van der Waals surface area contributed by atoms with Gasteiger partial charge in [0.1, 0.15) is 0 Å². The molecule has 0 radical (unpaired) electrons. The van der Waals surface area contributed by atoms with E-state index in [0.717, 1.165) is 44.5 Å². The van der Waals surface area contributed by atoms with Crippen molar-refractivity contribution in [2.75, 3.05) is 39.9 Å². The molecule has 3 rings (SSSR count). The molecule has 0 saturated carbocycles. The van der Waals surface area contributed by atoms with Crippen molar-refractivity contribution in [2.45, 2.75) is 46.0 Å². The van der Waals surface area contributed by atoms with Crippen molar-refractivity contribution in [1.82, 2.24) is 9.80 Å². The summed E-state index contributed by atoms with van der Waals surface area (Å²) in [5, 5.41) is 0. The number of methoxy groups -OCH3 is 1. The molecule has 0 aromatic heterocycles. The zero-order valence-corrected chi connectivity index (χ0v) is 16.9. The van der Waals surface area contributed by atoms with E-state index in [1.165, 1.54) is 11.1 Å². The minimum Gasteiger partial charge on any atom is -0.383 e. The highest BCUT2D eigenvalue weighted by molar-refractivity contribution is 5.80. The number of ether oxygens (including phenoxy) is 1. The van der Waals surface area contributed by atoms with Crippen molar-refractivity contribution < 1.29 is 14.3 Å². The van der Waals surface area contributed by atoms with Gasteiger partial charge in [0.05, 0.1) is 13.0 Å². The predicted molar refractivity (Wildman–Crippen MR) is 106 cm³/mol. The van der Waals surface area contributed by atoms with Crippen LogP contribution in [-0.4, -0.2) is 61.5 Å². The van der Waals surface area contributed by atoms with Crippen LogP contribution in [0.3, 0.4) is 0 Å². The molecule has 2 aliphatic rings. The third-order valence-electron chi connectivity index (χ3n) is 6.17. The van der Waals surface area contributed by atoms with Gasteiger partial charge in [0, 0.05) is 45.1 Å². The van der Waals surface area contributed by atoms with Gasteiger partial charge in [-0.3, -0.25) is 9.59 Å². The number of carbonyl (C=O) groups excluding carboxylic acids is 2. The molecule has 1 atom stereocenters. The van der Waals surface area contributed by atoms with Gasteiger partial charge in [-0.1, -0.05) is 23.8 Å². The van der Waals surface area contributed by atoms with Crippen LogP contribution in [0.15, 0.2) is 18.2 Å². The molecule has 1 aromatic carbocycles. The van der Waals surface area contributed by atoms with Gasteiger partial charge in [0.2, 0.25) is 11.8 Å². The second-order valence-electron chi connectivity index (χ2n) is 8.33. The Balaban J connectivity index is 1.67. The molecule has 148 valence electrons. The van der Waals surface area contributed by atoms with Gasteiger partial charge < -0.3 is 14.5 Å². The molecule has 2 heterocycles. The molecule has 0 bridgehead atoms. The van der Waals surface area contributed by atoms with E-state index >= 15 is 0 Å². The number of nitrogens with zero attached hydrogens (tertiary/aromatic N) is 2. The van der Waals surface area contributed by atoms with Crippen LogP contribution in [0, 0.1) is 19.3 Å². The van der Waals surface area contributed by atoms with E-state index < -0.39 is 0 Å². The largest absolute Gasteiger partial charge is 0.383 e. The fourth-order valence-corrected chi connectivity index (χ4v) is 4.53. The number of piperidine rings is 2. The maximum absolute atomic E-state index is 13.0. The maximum Gasteiger partial charge on any atom is 0.227 e. The Hall–Kier alpha value is -1.88. The lowest BCUT2D eigenvalue weighted by Crippen LogP contribution is -2.55. The van der Waals surface area contributed by atoms with E-state index in [1.807, 2.05) is 9.80 Å². The number of benzene rings is 1. The number of hydrogen-bond acceptors (Lipinski definition) is 3. The van der Waals surface area contributed by atoms with Crippen LogP contribution in [-0.2, 0) is 20.7 Å². The van der Waals surface area contributed by atoms with Crippen LogP contribution in [0.5, 0.6) is 0 Å². The molecule has 0 aliphatic carbocycles. The Morgan fingerprint density at radius 3 is 2.81 bits per heavy atom. The van der Waals surface area contributed by atoms with Crippen LogP contribution in [0.25, 0.3) is 0 Å². The van der Waals surface area contributed by atoms with Gasteiger partial charge in [-0.15, -0.1) is 0 Å². The molecule has 2 amide bonds. The van der Waals surface area contributed by atoms with E-state index in [9.17, 15) is 9.59 Å². The van der Waals surface area contributed by atoms with E-state index in [2.05, 4.69) is 32.0 Å². The molecule has 27 heavy (non-hydrogen) atoms. The highest BCUT2D eigenvalue weighted by Gasteiger charge is 2.42. The Bertz CT molecular complexity index is 703. The number of hydrogen-bond donors (Lipinski definition) is 0. The summed E-state index contributed by atoms with van der Waals surface area (Å²) < 4.78 is 5.16. The zero-order chi connectivity index (χ0) is 19.4. The molecule has 2 aliphatic heterocycles. The SMILES string of the molecule is COCCN1CC2(CCCN(C(=O)Cc3cc(C)ccc3C)C2)CCC1=O. The van der Waals surface area contributed by atoms with Crippen molar-refractivity contribution in [3.63, 3.8) is 0 Å². The summed E-state index contributed by atoms with van der Waals surface area (Å²) in [7, 11) is 1.67. The van der Waals surface area contributed by atoms with E-state index in [0.29, 0.717) is 26.0 Å². The predicted octanol–water partition coefficient (Wildman–Crippen LogP) is 2.72. The van der Waals surface area contributed by atoms with Crippen LogP contribution in [0.1, 0.15) is 42.4 Å². The van der Waals surface area contributed by atoms with Gasteiger partial charge in [0.25, 0.3) is 0 Å². The highest BCUT2D eigenvalue weighted by atomic mass is 16.5. The van der Waals surface area contributed by atoms with Crippen LogP contribution in [0.2, 0.25) is 0 Å². The molecule has 1 unspecified atom stereocenters. The molecular weight excluding hydrogens is 340 g/mol. The fourth-order valence-electron chi connectivity index (χ4n) is 4.53. The molecule has 2 fully saturated rings. The van der Waals surface area contributed by atoms with E-state index in [1.54, 1.807) is 7.11 Å². The summed E-state index contributed by atoms with van der Waals surface area (Å²) in [4.78, 5) is 29.2. The van der Waals surface area contributed by atoms with Crippen molar-refractivity contribution in [3.8, 4) is 0 Å². The van der Waals surface area contributed by atoms with Gasteiger partial charge in [-0.05, 0) is 44.2 Å². The summed E-state index contributed by atoms with van der Waals surface area (Å²) in [6, 6.07) is 6.31. The van der Waals surface area contributed by atoms with Crippen LogP contribution >= 0.6 is 0 Å². The van der Waals surface area contributed by atoms with Gasteiger partial charge >= 0.3 is 0 Å². The molecule has 0 N–H and O–H groups in total. The number of amides is 2. The second-order valence-corrected chi connectivity index (χ2v) is 8.33. The van der Waals surface area contributed by atoms with Crippen molar-refractivity contribution in [2.24, 2.45) is 5.41 Å². The first kappa shape index (κ1) is 19.9. The molecule has 2 saturated heterocycles.